The van der Waals surface area contributed by atoms with Crippen LogP contribution in [-0.2, 0) is 10.0 Å². The molecule has 5 rings (SSSR count). The Morgan fingerprint density at radius 2 is 1.74 bits per heavy atom. The van der Waals surface area contributed by atoms with Gasteiger partial charge in [-0.25, -0.2) is 13.4 Å². The van der Waals surface area contributed by atoms with Gasteiger partial charge in [-0.05, 0) is 49.4 Å². The molecular formula is C26H25N3O3S2. The number of fused-ring (bicyclic) bond motifs is 1. The first-order chi connectivity index (χ1) is 16.4. The second-order valence-corrected chi connectivity index (χ2v) is 11.4. The Kier molecular flexibility index (Phi) is 6.20. The van der Waals surface area contributed by atoms with Crippen molar-refractivity contribution in [1.82, 2.24) is 9.29 Å². The zero-order valence-corrected chi connectivity index (χ0v) is 20.4. The maximum absolute atomic E-state index is 13.2. The molecule has 0 radical (unpaired) electrons. The van der Waals surface area contributed by atoms with Gasteiger partial charge in [0.25, 0.3) is 5.91 Å². The molecule has 2 aliphatic rings. The van der Waals surface area contributed by atoms with Crippen LogP contribution in [0, 0.1) is 18.8 Å². The zero-order chi connectivity index (χ0) is 23.7. The third-order valence-electron chi connectivity index (χ3n) is 6.33. The lowest BCUT2D eigenvalue weighted by Gasteiger charge is -2.36. The summed E-state index contributed by atoms with van der Waals surface area (Å²) in [7, 11) is -3.61. The molecule has 0 saturated carbocycles. The second-order valence-electron chi connectivity index (χ2n) is 8.63. The minimum Gasteiger partial charge on any atom is -0.298 e. The van der Waals surface area contributed by atoms with Crippen LogP contribution >= 0.6 is 11.3 Å². The second kappa shape index (κ2) is 9.29. The van der Waals surface area contributed by atoms with E-state index in [0.29, 0.717) is 29.7 Å². The van der Waals surface area contributed by atoms with Gasteiger partial charge >= 0.3 is 0 Å². The summed E-state index contributed by atoms with van der Waals surface area (Å²) in [5.74, 6) is 0.287. The van der Waals surface area contributed by atoms with E-state index in [2.05, 4.69) is 22.5 Å². The van der Waals surface area contributed by atoms with Crippen molar-refractivity contribution < 1.29 is 13.2 Å². The van der Waals surface area contributed by atoms with Crippen LogP contribution in [0.4, 0.5) is 5.13 Å². The minimum absolute atomic E-state index is 0.203. The van der Waals surface area contributed by atoms with Crippen LogP contribution < -0.4 is 5.32 Å². The molecule has 1 saturated heterocycles. The SMILES string of the molecule is Cc1ccc(-c2csc(NC(=O)c3ccc(S(=O)(=O)N4CC[C@@H]5C=CC=C[C@@H]5C4)cc3)n2)cc1. The number of carbonyl (C=O) groups is 1. The van der Waals surface area contributed by atoms with E-state index in [0.717, 1.165) is 17.7 Å². The summed E-state index contributed by atoms with van der Waals surface area (Å²) in [5, 5.41) is 5.20. The molecule has 0 bridgehead atoms. The largest absolute Gasteiger partial charge is 0.298 e. The standard InChI is InChI=1S/C26H25N3O3S2/c1-18-6-8-20(9-7-18)24-17-33-26(27-24)28-25(30)21-10-12-23(13-11-21)34(31,32)29-15-14-19-4-2-3-5-22(19)16-29/h2-13,17,19,22H,14-16H2,1H3,(H,27,28,30)/t19-,22+/m0/s1. The third-order valence-corrected chi connectivity index (χ3v) is 8.97. The quantitative estimate of drug-likeness (QED) is 0.537. The van der Waals surface area contributed by atoms with Crippen LogP contribution in [-0.4, -0.2) is 36.7 Å². The van der Waals surface area contributed by atoms with Crippen LogP contribution in [0.1, 0.15) is 22.3 Å². The maximum atomic E-state index is 13.2. The lowest BCUT2D eigenvalue weighted by atomic mass is 9.83. The fourth-order valence-corrected chi connectivity index (χ4v) is 6.54. The van der Waals surface area contributed by atoms with Gasteiger partial charge in [0.05, 0.1) is 10.6 Å². The molecule has 174 valence electrons. The van der Waals surface area contributed by atoms with Crippen molar-refractivity contribution in [2.75, 3.05) is 18.4 Å². The normalized spacial score (nSPS) is 20.1. The van der Waals surface area contributed by atoms with E-state index in [1.165, 1.54) is 29.0 Å². The number of allylic oxidation sites excluding steroid dienone is 3. The fourth-order valence-electron chi connectivity index (χ4n) is 4.33. The average Bonchev–Trinajstić information content (AvgIpc) is 3.32. The number of nitrogens with one attached hydrogen (secondary N) is 1. The van der Waals surface area contributed by atoms with Gasteiger partial charge in [-0.1, -0.05) is 54.1 Å². The number of amides is 1. The van der Waals surface area contributed by atoms with Crippen molar-refractivity contribution in [2.45, 2.75) is 18.2 Å². The number of aryl methyl sites for hydroxylation is 1. The molecule has 2 atom stereocenters. The fraction of sp³-hybridized carbons (Fsp3) is 0.231. The number of anilines is 1. The highest BCUT2D eigenvalue weighted by atomic mass is 32.2. The van der Waals surface area contributed by atoms with Gasteiger partial charge in [-0.15, -0.1) is 11.3 Å². The van der Waals surface area contributed by atoms with Gasteiger partial charge in [-0.2, -0.15) is 4.31 Å². The minimum atomic E-state index is -3.61. The molecule has 6 nitrogen and oxygen atoms in total. The van der Waals surface area contributed by atoms with Crippen LogP contribution in [0.15, 0.2) is 83.1 Å². The monoisotopic (exact) mass is 491 g/mol. The molecule has 1 aliphatic heterocycles. The summed E-state index contributed by atoms with van der Waals surface area (Å²) >= 11 is 1.35. The number of hydrogen-bond donors (Lipinski definition) is 1. The lowest BCUT2D eigenvalue weighted by Crippen LogP contribution is -2.43. The molecule has 34 heavy (non-hydrogen) atoms. The Labute approximate surface area is 203 Å². The van der Waals surface area contributed by atoms with Crippen molar-refractivity contribution in [3.63, 3.8) is 0 Å². The number of thiazole rings is 1. The van der Waals surface area contributed by atoms with E-state index in [1.54, 1.807) is 16.4 Å². The van der Waals surface area contributed by atoms with E-state index in [4.69, 9.17) is 0 Å². The van der Waals surface area contributed by atoms with Crippen LogP contribution in [0.25, 0.3) is 11.3 Å². The molecule has 2 heterocycles. The number of rotatable bonds is 5. The van der Waals surface area contributed by atoms with E-state index in [-0.39, 0.29) is 16.7 Å². The van der Waals surface area contributed by atoms with Crippen molar-refractivity contribution in [3.8, 4) is 11.3 Å². The first-order valence-electron chi connectivity index (χ1n) is 11.2. The van der Waals surface area contributed by atoms with Gasteiger partial charge in [0, 0.05) is 29.6 Å². The molecule has 8 heteroatoms. The van der Waals surface area contributed by atoms with Gasteiger partial charge < -0.3 is 0 Å². The molecule has 2 aromatic carbocycles. The van der Waals surface area contributed by atoms with Crippen molar-refractivity contribution in [1.29, 1.82) is 0 Å². The van der Waals surface area contributed by atoms with E-state index < -0.39 is 10.0 Å². The Hall–Kier alpha value is -3.07. The Bertz CT molecular complexity index is 1360. The van der Waals surface area contributed by atoms with Gasteiger partial charge in [-0.3, -0.25) is 10.1 Å². The predicted octanol–water partition coefficient (Wildman–Crippen LogP) is 5.12. The predicted molar refractivity (Wildman–Crippen MR) is 135 cm³/mol. The summed E-state index contributed by atoms with van der Waals surface area (Å²) < 4.78 is 27.9. The van der Waals surface area contributed by atoms with Gasteiger partial charge in [0.1, 0.15) is 0 Å². The molecule has 1 aliphatic carbocycles. The highest BCUT2D eigenvalue weighted by Crippen LogP contribution is 2.32. The Morgan fingerprint density at radius 3 is 2.47 bits per heavy atom. The Morgan fingerprint density at radius 1 is 1.03 bits per heavy atom. The third kappa shape index (κ3) is 4.61. The first-order valence-corrected chi connectivity index (χ1v) is 13.5. The van der Waals surface area contributed by atoms with Crippen molar-refractivity contribution >= 4 is 32.4 Å². The van der Waals surface area contributed by atoms with Gasteiger partial charge in [0.2, 0.25) is 10.0 Å². The summed E-state index contributed by atoms with van der Waals surface area (Å²) in [6.45, 7) is 3.00. The smallest absolute Gasteiger partial charge is 0.257 e. The Balaban J connectivity index is 1.26. The van der Waals surface area contributed by atoms with Gasteiger partial charge in [0.15, 0.2) is 5.13 Å². The number of benzene rings is 2. The number of nitrogens with zero attached hydrogens (tertiary/aromatic N) is 2. The topological polar surface area (TPSA) is 79.4 Å². The summed E-state index contributed by atoms with van der Waals surface area (Å²) in [5.41, 5.74) is 3.34. The molecule has 1 amide bonds. The molecule has 3 aromatic rings. The average molecular weight is 492 g/mol. The molecular weight excluding hydrogens is 466 g/mol. The lowest BCUT2D eigenvalue weighted by molar-refractivity contribution is 0.102. The van der Waals surface area contributed by atoms with Crippen LogP contribution in [0.2, 0.25) is 0 Å². The highest BCUT2D eigenvalue weighted by Gasteiger charge is 2.34. The van der Waals surface area contributed by atoms with E-state index in [1.807, 2.05) is 48.7 Å². The van der Waals surface area contributed by atoms with Crippen molar-refractivity contribution in [3.05, 3.63) is 89.3 Å². The molecule has 1 N–H and O–H groups in total. The zero-order valence-electron chi connectivity index (χ0n) is 18.7. The molecule has 1 aromatic heterocycles. The summed E-state index contributed by atoms with van der Waals surface area (Å²) in [6, 6.07) is 14.2. The number of carbonyl (C=O) groups excluding carboxylic acids is 1. The summed E-state index contributed by atoms with van der Waals surface area (Å²) in [6.07, 6.45) is 9.07. The van der Waals surface area contributed by atoms with E-state index >= 15 is 0 Å². The van der Waals surface area contributed by atoms with Crippen molar-refractivity contribution in [2.24, 2.45) is 11.8 Å². The summed E-state index contributed by atoms with van der Waals surface area (Å²) in [4.78, 5) is 17.4. The highest BCUT2D eigenvalue weighted by molar-refractivity contribution is 7.89. The molecule has 0 unspecified atom stereocenters. The van der Waals surface area contributed by atoms with Crippen LogP contribution in [0.5, 0.6) is 0 Å². The molecule has 0 spiro atoms. The number of aromatic nitrogens is 1. The van der Waals surface area contributed by atoms with Crippen LogP contribution in [0.3, 0.4) is 0 Å². The first kappa shape index (κ1) is 22.7. The molecule has 1 fully saturated rings. The number of piperidine rings is 1. The number of sulfonamides is 1. The maximum Gasteiger partial charge on any atom is 0.257 e. The van der Waals surface area contributed by atoms with E-state index in [9.17, 15) is 13.2 Å². The number of hydrogen-bond acceptors (Lipinski definition) is 5.